The van der Waals surface area contributed by atoms with Crippen LogP contribution in [0.15, 0.2) is 36.4 Å². The van der Waals surface area contributed by atoms with Crippen LogP contribution in [0.5, 0.6) is 0 Å². The van der Waals surface area contributed by atoms with Crippen LogP contribution in [0.1, 0.15) is 58.1 Å². The lowest BCUT2D eigenvalue weighted by atomic mass is 9.63. The standard InChI is InChI=1S/C18H12N2/c19-9-11-1-3-13-15-5-6-16(17(13)7-11)14-4-2-12(10-20)8-18(14)15/h1-4,7-8,15-16H,5-6H2. The minimum absolute atomic E-state index is 0.394. The molecule has 0 amide bonds. The highest BCUT2D eigenvalue weighted by atomic mass is 14.4. The summed E-state index contributed by atoms with van der Waals surface area (Å²) < 4.78 is 0. The summed E-state index contributed by atoms with van der Waals surface area (Å²) in [5.74, 6) is 0.789. The van der Waals surface area contributed by atoms with Crippen LogP contribution in [0.4, 0.5) is 0 Å². The van der Waals surface area contributed by atoms with Crippen molar-refractivity contribution in [3.05, 3.63) is 69.8 Å². The zero-order chi connectivity index (χ0) is 13.7. The van der Waals surface area contributed by atoms with Gasteiger partial charge in [0.25, 0.3) is 0 Å². The molecule has 0 heterocycles. The first-order valence-corrected chi connectivity index (χ1v) is 6.89. The highest BCUT2D eigenvalue weighted by Crippen LogP contribution is 2.52. The fourth-order valence-electron chi connectivity index (χ4n) is 3.82. The van der Waals surface area contributed by atoms with Gasteiger partial charge in [0.2, 0.25) is 0 Å². The predicted octanol–water partition coefficient (Wildman–Crippen LogP) is 3.80. The average molecular weight is 256 g/mol. The molecular formula is C18H12N2. The fourth-order valence-corrected chi connectivity index (χ4v) is 3.82. The van der Waals surface area contributed by atoms with E-state index in [2.05, 4.69) is 24.3 Å². The summed E-state index contributed by atoms with van der Waals surface area (Å²) in [5, 5.41) is 18.2. The fraction of sp³-hybridized carbons (Fsp3) is 0.222. The van der Waals surface area contributed by atoms with Crippen molar-refractivity contribution in [3.63, 3.8) is 0 Å². The van der Waals surface area contributed by atoms with Gasteiger partial charge in [-0.3, -0.25) is 0 Å². The van der Waals surface area contributed by atoms with Crippen LogP contribution in [0, 0.1) is 22.7 Å². The molecule has 94 valence electrons. The molecule has 0 aliphatic heterocycles. The third kappa shape index (κ3) is 1.37. The minimum Gasteiger partial charge on any atom is -0.192 e. The molecule has 0 aromatic heterocycles. The van der Waals surface area contributed by atoms with Gasteiger partial charge < -0.3 is 0 Å². The van der Waals surface area contributed by atoms with E-state index < -0.39 is 0 Å². The largest absolute Gasteiger partial charge is 0.192 e. The zero-order valence-corrected chi connectivity index (χ0v) is 10.9. The molecule has 0 N–H and O–H groups in total. The van der Waals surface area contributed by atoms with Crippen molar-refractivity contribution in [1.29, 1.82) is 10.5 Å². The van der Waals surface area contributed by atoms with E-state index in [1.165, 1.54) is 22.3 Å². The first kappa shape index (κ1) is 11.3. The predicted molar refractivity (Wildman–Crippen MR) is 75.2 cm³/mol. The summed E-state index contributed by atoms with van der Waals surface area (Å²) in [6, 6.07) is 16.6. The van der Waals surface area contributed by atoms with Crippen molar-refractivity contribution >= 4 is 0 Å². The summed E-state index contributed by atoms with van der Waals surface area (Å²) in [4.78, 5) is 0. The van der Waals surface area contributed by atoms with Crippen LogP contribution in [0.25, 0.3) is 0 Å². The van der Waals surface area contributed by atoms with Gasteiger partial charge in [-0.2, -0.15) is 10.5 Å². The molecule has 2 unspecified atom stereocenters. The Hall–Kier alpha value is -2.58. The van der Waals surface area contributed by atoms with E-state index >= 15 is 0 Å². The summed E-state index contributed by atoms with van der Waals surface area (Å²) in [5.41, 5.74) is 6.82. The van der Waals surface area contributed by atoms with E-state index in [9.17, 15) is 0 Å². The van der Waals surface area contributed by atoms with E-state index in [1.807, 2.05) is 24.3 Å². The lowest BCUT2D eigenvalue weighted by Crippen LogP contribution is -2.24. The van der Waals surface area contributed by atoms with Gasteiger partial charge in [-0.25, -0.2) is 0 Å². The SMILES string of the molecule is N#Cc1ccc2c(c1)C1CCC2c2cc(C#N)ccc21. The van der Waals surface area contributed by atoms with Gasteiger partial charge in [0.1, 0.15) is 0 Å². The molecule has 2 heteroatoms. The smallest absolute Gasteiger partial charge is 0.0991 e. The Labute approximate surface area is 117 Å². The third-order valence-corrected chi connectivity index (χ3v) is 4.68. The van der Waals surface area contributed by atoms with E-state index in [0.717, 1.165) is 24.0 Å². The van der Waals surface area contributed by atoms with Gasteiger partial charge in [0.15, 0.2) is 0 Å². The lowest BCUT2D eigenvalue weighted by Gasteiger charge is -2.40. The summed E-state index contributed by atoms with van der Waals surface area (Å²) in [6.45, 7) is 0. The molecule has 3 aliphatic rings. The van der Waals surface area contributed by atoms with Gasteiger partial charge in [-0.15, -0.1) is 0 Å². The van der Waals surface area contributed by atoms with Crippen LogP contribution in [-0.4, -0.2) is 0 Å². The number of fused-ring (bicyclic) bond motifs is 1. The molecule has 2 bridgehead atoms. The Morgan fingerprint density at radius 2 is 1.15 bits per heavy atom. The molecule has 5 rings (SSSR count). The van der Waals surface area contributed by atoms with E-state index in [1.54, 1.807) is 0 Å². The highest BCUT2D eigenvalue weighted by Gasteiger charge is 2.37. The van der Waals surface area contributed by atoms with Crippen LogP contribution in [0.3, 0.4) is 0 Å². The van der Waals surface area contributed by atoms with Crippen LogP contribution >= 0.6 is 0 Å². The molecule has 20 heavy (non-hydrogen) atoms. The number of nitrogens with zero attached hydrogens (tertiary/aromatic N) is 2. The van der Waals surface area contributed by atoms with Crippen molar-refractivity contribution in [2.45, 2.75) is 24.7 Å². The topological polar surface area (TPSA) is 47.6 Å². The molecule has 0 radical (unpaired) electrons. The number of hydrogen-bond donors (Lipinski definition) is 0. The van der Waals surface area contributed by atoms with Crippen LogP contribution in [-0.2, 0) is 0 Å². The van der Waals surface area contributed by atoms with Crippen molar-refractivity contribution in [2.24, 2.45) is 0 Å². The molecule has 2 aromatic carbocycles. The Morgan fingerprint density at radius 3 is 1.55 bits per heavy atom. The van der Waals surface area contributed by atoms with E-state index in [-0.39, 0.29) is 0 Å². The molecule has 0 spiro atoms. The van der Waals surface area contributed by atoms with E-state index in [0.29, 0.717) is 11.8 Å². The van der Waals surface area contributed by atoms with Gasteiger partial charge in [0.05, 0.1) is 23.3 Å². The Balaban J connectivity index is 1.95. The Morgan fingerprint density at radius 1 is 0.700 bits per heavy atom. The second kappa shape index (κ2) is 3.95. The molecule has 3 aliphatic carbocycles. The zero-order valence-electron chi connectivity index (χ0n) is 10.9. The Kier molecular flexibility index (Phi) is 2.23. The summed E-state index contributed by atoms with van der Waals surface area (Å²) >= 11 is 0. The second-order valence-electron chi connectivity index (χ2n) is 5.59. The lowest BCUT2D eigenvalue weighted by molar-refractivity contribution is 0.519. The summed E-state index contributed by atoms with van der Waals surface area (Å²) in [7, 11) is 0. The second-order valence-corrected chi connectivity index (χ2v) is 5.59. The van der Waals surface area contributed by atoms with Crippen LogP contribution < -0.4 is 0 Å². The molecule has 2 nitrogen and oxygen atoms in total. The minimum atomic E-state index is 0.394. The molecule has 2 aromatic rings. The van der Waals surface area contributed by atoms with Crippen molar-refractivity contribution in [1.82, 2.24) is 0 Å². The third-order valence-electron chi connectivity index (χ3n) is 4.68. The maximum Gasteiger partial charge on any atom is 0.0991 e. The Bertz CT molecular complexity index is 736. The van der Waals surface area contributed by atoms with Gasteiger partial charge in [0, 0.05) is 11.8 Å². The number of benzene rings is 2. The molecule has 0 saturated heterocycles. The van der Waals surface area contributed by atoms with Crippen LogP contribution in [0.2, 0.25) is 0 Å². The van der Waals surface area contributed by atoms with Gasteiger partial charge in [-0.05, 0) is 59.4 Å². The normalized spacial score (nSPS) is 21.5. The molecule has 0 fully saturated rings. The maximum absolute atomic E-state index is 9.09. The first-order valence-electron chi connectivity index (χ1n) is 6.89. The number of hydrogen-bond acceptors (Lipinski definition) is 2. The van der Waals surface area contributed by atoms with Gasteiger partial charge >= 0.3 is 0 Å². The quantitative estimate of drug-likeness (QED) is 0.719. The number of rotatable bonds is 0. The summed E-state index contributed by atoms with van der Waals surface area (Å²) in [6.07, 6.45) is 2.29. The molecular weight excluding hydrogens is 244 g/mol. The monoisotopic (exact) mass is 256 g/mol. The van der Waals surface area contributed by atoms with Crippen molar-refractivity contribution < 1.29 is 0 Å². The molecule has 2 atom stereocenters. The number of nitriles is 2. The average Bonchev–Trinajstić information content (AvgIpc) is 2.54. The highest BCUT2D eigenvalue weighted by molar-refractivity contribution is 5.58. The van der Waals surface area contributed by atoms with Gasteiger partial charge in [-0.1, -0.05) is 12.1 Å². The maximum atomic E-state index is 9.09. The van der Waals surface area contributed by atoms with Crippen molar-refractivity contribution in [3.8, 4) is 12.1 Å². The van der Waals surface area contributed by atoms with E-state index in [4.69, 9.17) is 10.5 Å². The molecule has 0 saturated carbocycles. The van der Waals surface area contributed by atoms with Crippen molar-refractivity contribution in [2.75, 3.05) is 0 Å². The first-order chi connectivity index (χ1) is 9.81.